The number of hydrogen-bond donors (Lipinski definition) is 2. The molecule has 0 spiro atoms. The van der Waals surface area contributed by atoms with Gasteiger partial charge in [0.2, 0.25) is 17.7 Å². The third-order valence-electron chi connectivity index (χ3n) is 5.77. The normalized spacial score (nSPS) is 22.2. The van der Waals surface area contributed by atoms with E-state index in [1.807, 2.05) is 0 Å². The topological polar surface area (TPSA) is 108 Å². The van der Waals surface area contributed by atoms with E-state index in [0.717, 1.165) is 12.8 Å². The molecular formula is C21H29N3O6. The third kappa shape index (κ3) is 4.35. The number of rotatable bonds is 7. The van der Waals surface area contributed by atoms with Crippen LogP contribution in [0.25, 0.3) is 0 Å². The second-order valence-corrected chi connectivity index (χ2v) is 7.69. The van der Waals surface area contributed by atoms with Gasteiger partial charge in [0, 0.05) is 31.3 Å². The number of nitrogens with one attached hydrogen (secondary N) is 1. The number of anilines is 1. The Morgan fingerprint density at radius 2 is 2.00 bits per heavy atom. The third-order valence-corrected chi connectivity index (χ3v) is 5.77. The first-order chi connectivity index (χ1) is 14.4. The van der Waals surface area contributed by atoms with Gasteiger partial charge in [-0.1, -0.05) is 0 Å². The average molecular weight is 419 g/mol. The fourth-order valence-electron chi connectivity index (χ4n) is 4.08. The average Bonchev–Trinajstić information content (AvgIpc) is 3.39. The highest BCUT2D eigenvalue weighted by Crippen LogP contribution is 2.34. The number of hydrogen-bond acceptors (Lipinski definition) is 6. The van der Waals surface area contributed by atoms with E-state index in [1.54, 1.807) is 34.9 Å². The number of aliphatic hydroxyl groups is 1. The number of nitrogens with zero attached hydrogens (tertiary/aromatic N) is 2. The molecule has 3 atom stereocenters. The molecule has 1 aromatic carbocycles. The predicted molar refractivity (Wildman–Crippen MR) is 109 cm³/mol. The standard InChI is InChI=1S/C21H29N3O6/c1-13(21(28)23-8-4-5-16(23)12-25)22-20(27)14-9-19(26)24(11-14)15-6-7-17(29-2)18(10-15)30-3/h6-7,10,13-14,16,25H,4-5,8-9,11-12H2,1-3H3,(H,22,27). The summed E-state index contributed by atoms with van der Waals surface area (Å²) in [6.07, 6.45) is 1.68. The number of likely N-dealkylation sites (tertiary alicyclic amines) is 1. The first kappa shape index (κ1) is 21.9. The van der Waals surface area contributed by atoms with Gasteiger partial charge in [-0.15, -0.1) is 0 Å². The molecule has 9 heteroatoms. The highest BCUT2D eigenvalue weighted by molar-refractivity contribution is 6.01. The molecule has 0 bridgehead atoms. The molecule has 0 radical (unpaired) electrons. The minimum atomic E-state index is -0.713. The molecule has 0 saturated carbocycles. The zero-order valence-corrected chi connectivity index (χ0v) is 17.6. The highest BCUT2D eigenvalue weighted by Gasteiger charge is 2.37. The Balaban J connectivity index is 1.63. The van der Waals surface area contributed by atoms with E-state index in [4.69, 9.17) is 9.47 Å². The monoisotopic (exact) mass is 419 g/mol. The van der Waals surface area contributed by atoms with Crippen LogP contribution in [-0.2, 0) is 14.4 Å². The maximum absolute atomic E-state index is 12.7. The van der Waals surface area contributed by atoms with Crippen LogP contribution in [0.2, 0.25) is 0 Å². The van der Waals surface area contributed by atoms with E-state index in [-0.39, 0.29) is 43.3 Å². The fourth-order valence-corrected chi connectivity index (χ4v) is 4.08. The molecule has 2 aliphatic rings. The van der Waals surface area contributed by atoms with Crippen molar-refractivity contribution < 1.29 is 29.0 Å². The number of methoxy groups -OCH3 is 2. The quantitative estimate of drug-likeness (QED) is 0.668. The summed E-state index contributed by atoms with van der Waals surface area (Å²) in [5.74, 6) is -0.196. The zero-order chi connectivity index (χ0) is 21.8. The van der Waals surface area contributed by atoms with Gasteiger partial charge >= 0.3 is 0 Å². The van der Waals surface area contributed by atoms with E-state index in [0.29, 0.717) is 23.7 Å². The summed E-state index contributed by atoms with van der Waals surface area (Å²) in [5, 5.41) is 12.2. The number of carbonyl (C=O) groups is 3. The van der Waals surface area contributed by atoms with Crippen molar-refractivity contribution in [3.8, 4) is 11.5 Å². The number of carbonyl (C=O) groups excluding carboxylic acids is 3. The van der Waals surface area contributed by atoms with Gasteiger partial charge in [0.15, 0.2) is 11.5 Å². The summed E-state index contributed by atoms with van der Waals surface area (Å²) in [6, 6.07) is 4.25. The number of aliphatic hydroxyl groups excluding tert-OH is 1. The van der Waals surface area contributed by atoms with E-state index >= 15 is 0 Å². The van der Waals surface area contributed by atoms with Gasteiger partial charge in [-0.3, -0.25) is 14.4 Å². The molecule has 2 fully saturated rings. The Morgan fingerprint density at radius 3 is 2.67 bits per heavy atom. The van der Waals surface area contributed by atoms with Crippen molar-refractivity contribution in [3.05, 3.63) is 18.2 Å². The van der Waals surface area contributed by atoms with Crippen LogP contribution in [-0.4, -0.2) is 73.7 Å². The van der Waals surface area contributed by atoms with E-state index < -0.39 is 12.0 Å². The second kappa shape index (κ2) is 9.34. The first-order valence-electron chi connectivity index (χ1n) is 10.1. The molecule has 2 aliphatic heterocycles. The van der Waals surface area contributed by atoms with Crippen molar-refractivity contribution >= 4 is 23.4 Å². The van der Waals surface area contributed by atoms with Gasteiger partial charge in [-0.2, -0.15) is 0 Å². The summed E-state index contributed by atoms with van der Waals surface area (Å²) < 4.78 is 10.5. The molecule has 0 aromatic heterocycles. The zero-order valence-electron chi connectivity index (χ0n) is 17.6. The van der Waals surface area contributed by atoms with Crippen LogP contribution in [0.15, 0.2) is 18.2 Å². The molecule has 0 aliphatic carbocycles. The van der Waals surface area contributed by atoms with Crippen molar-refractivity contribution in [2.75, 3.05) is 38.8 Å². The van der Waals surface area contributed by atoms with E-state index in [9.17, 15) is 19.5 Å². The van der Waals surface area contributed by atoms with Gasteiger partial charge in [-0.05, 0) is 31.9 Å². The molecule has 2 N–H and O–H groups in total. The molecule has 3 amide bonds. The van der Waals surface area contributed by atoms with Crippen LogP contribution in [0, 0.1) is 5.92 Å². The molecule has 164 valence electrons. The van der Waals surface area contributed by atoms with Gasteiger partial charge in [0.25, 0.3) is 0 Å². The largest absolute Gasteiger partial charge is 0.493 e. The van der Waals surface area contributed by atoms with Gasteiger partial charge in [0.05, 0.1) is 32.8 Å². The van der Waals surface area contributed by atoms with Crippen LogP contribution in [0.5, 0.6) is 11.5 Å². The Labute approximate surface area is 175 Å². The molecule has 30 heavy (non-hydrogen) atoms. The van der Waals surface area contributed by atoms with Crippen LogP contribution < -0.4 is 19.7 Å². The molecule has 3 rings (SSSR count). The predicted octanol–water partition coefficient (Wildman–Crippen LogP) is 0.545. The Bertz CT molecular complexity index is 814. The minimum Gasteiger partial charge on any atom is -0.493 e. The van der Waals surface area contributed by atoms with Crippen LogP contribution in [0.1, 0.15) is 26.2 Å². The lowest BCUT2D eigenvalue weighted by molar-refractivity contribution is -0.138. The summed E-state index contributed by atoms with van der Waals surface area (Å²) in [7, 11) is 3.05. The molecule has 2 saturated heterocycles. The van der Waals surface area contributed by atoms with Crippen LogP contribution in [0.3, 0.4) is 0 Å². The van der Waals surface area contributed by atoms with Crippen molar-refractivity contribution in [2.24, 2.45) is 5.92 Å². The Morgan fingerprint density at radius 1 is 1.27 bits per heavy atom. The van der Waals surface area contributed by atoms with E-state index in [1.165, 1.54) is 14.2 Å². The summed E-state index contributed by atoms with van der Waals surface area (Å²) in [5.41, 5.74) is 0.625. The van der Waals surface area contributed by atoms with Gasteiger partial charge < -0.3 is 29.7 Å². The van der Waals surface area contributed by atoms with Crippen molar-refractivity contribution in [2.45, 2.75) is 38.3 Å². The van der Waals surface area contributed by atoms with Crippen LogP contribution in [0.4, 0.5) is 5.69 Å². The van der Waals surface area contributed by atoms with E-state index in [2.05, 4.69) is 5.32 Å². The molecule has 2 heterocycles. The molecule has 9 nitrogen and oxygen atoms in total. The molecular weight excluding hydrogens is 390 g/mol. The second-order valence-electron chi connectivity index (χ2n) is 7.69. The lowest BCUT2D eigenvalue weighted by Crippen LogP contribution is -2.50. The first-order valence-corrected chi connectivity index (χ1v) is 10.1. The van der Waals surface area contributed by atoms with Crippen LogP contribution >= 0.6 is 0 Å². The maximum Gasteiger partial charge on any atom is 0.245 e. The van der Waals surface area contributed by atoms with Crippen molar-refractivity contribution in [1.82, 2.24) is 10.2 Å². The number of benzene rings is 1. The SMILES string of the molecule is COc1ccc(N2CC(C(=O)NC(C)C(=O)N3CCCC3CO)CC2=O)cc1OC. The van der Waals surface area contributed by atoms with Gasteiger partial charge in [0.1, 0.15) is 6.04 Å². The smallest absolute Gasteiger partial charge is 0.245 e. The Hall–Kier alpha value is -2.81. The van der Waals surface area contributed by atoms with Crippen molar-refractivity contribution in [3.63, 3.8) is 0 Å². The van der Waals surface area contributed by atoms with Crippen molar-refractivity contribution in [1.29, 1.82) is 0 Å². The lowest BCUT2D eigenvalue weighted by atomic mass is 10.1. The minimum absolute atomic E-state index is 0.0735. The number of ether oxygens (including phenoxy) is 2. The fraction of sp³-hybridized carbons (Fsp3) is 0.571. The highest BCUT2D eigenvalue weighted by atomic mass is 16.5. The van der Waals surface area contributed by atoms with Gasteiger partial charge in [-0.25, -0.2) is 0 Å². The summed E-state index contributed by atoms with van der Waals surface area (Å²) in [4.78, 5) is 41.1. The number of amides is 3. The summed E-state index contributed by atoms with van der Waals surface area (Å²) >= 11 is 0. The summed E-state index contributed by atoms with van der Waals surface area (Å²) in [6.45, 7) is 2.36. The molecule has 1 aromatic rings. The Kier molecular flexibility index (Phi) is 6.81. The maximum atomic E-state index is 12.7. The lowest BCUT2D eigenvalue weighted by Gasteiger charge is -2.27. The molecule has 3 unspecified atom stereocenters.